The van der Waals surface area contributed by atoms with E-state index in [2.05, 4.69) is 11.7 Å². The first-order chi connectivity index (χ1) is 8.69. The van der Waals surface area contributed by atoms with Gasteiger partial charge in [-0.3, -0.25) is 5.01 Å². The Bertz CT molecular complexity index is 423. The second-order valence-electron chi connectivity index (χ2n) is 4.20. The molecule has 0 unspecified atom stereocenters. The molecular formula is C14H23N3O. The van der Waals surface area contributed by atoms with Crippen molar-refractivity contribution < 1.29 is 4.79 Å². The second kappa shape index (κ2) is 6.38. The van der Waals surface area contributed by atoms with Crippen molar-refractivity contribution in [2.45, 2.75) is 46.6 Å². The van der Waals surface area contributed by atoms with Crippen molar-refractivity contribution in [1.29, 1.82) is 0 Å². The van der Waals surface area contributed by atoms with Crippen molar-refractivity contribution in [2.24, 2.45) is 0 Å². The first-order valence-corrected chi connectivity index (χ1v) is 6.60. The zero-order chi connectivity index (χ0) is 13.7. The molecule has 0 N–H and O–H groups in total. The smallest absolute Gasteiger partial charge is 0.144 e. The summed E-state index contributed by atoms with van der Waals surface area (Å²) in [5.74, 6) is 0. The Kier molecular flexibility index (Phi) is 5.13. The molecule has 1 aromatic rings. The van der Waals surface area contributed by atoms with Gasteiger partial charge in [0.2, 0.25) is 0 Å². The van der Waals surface area contributed by atoms with E-state index in [9.17, 15) is 4.79 Å². The topological polar surface area (TPSA) is 38.1 Å². The van der Waals surface area contributed by atoms with Crippen molar-refractivity contribution >= 4 is 12.4 Å². The highest BCUT2D eigenvalue weighted by Crippen LogP contribution is 2.19. The number of nitrogens with zero attached hydrogens (tertiary/aromatic N) is 3. The number of aromatic nitrogens is 2. The van der Waals surface area contributed by atoms with E-state index in [0.717, 1.165) is 42.6 Å². The van der Waals surface area contributed by atoms with Crippen LogP contribution in [0.4, 0.5) is 0 Å². The lowest BCUT2D eigenvalue weighted by Crippen LogP contribution is -2.41. The van der Waals surface area contributed by atoms with Gasteiger partial charge in [0, 0.05) is 6.54 Å². The van der Waals surface area contributed by atoms with Gasteiger partial charge in [0.05, 0.1) is 11.4 Å². The molecule has 4 nitrogen and oxygen atoms in total. The highest BCUT2D eigenvalue weighted by atomic mass is 16.1. The van der Waals surface area contributed by atoms with Gasteiger partial charge in [-0.2, -0.15) is 9.89 Å². The fourth-order valence-electron chi connectivity index (χ4n) is 2.18. The second-order valence-corrected chi connectivity index (χ2v) is 4.20. The Labute approximate surface area is 109 Å². The maximum atomic E-state index is 11.0. The molecule has 0 spiro atoms. The summed E-state index contributed by atoms with van der Waals surface area (Å²) in [7, 11) is 0. The molecule has 100 valence electrons. The third-order valence-electron chi connectivity index (χ3n) is 3.29. The number of hydrogen-bond donors (Lipinski definition) is 0. The predicted molar refractivity (Wildman–Crippen MR) is 75.3 cm³/mol. The van der Waals surface area contributed by atoms with Crippen LogP contribution >= 0.6 is 0 Å². The number of carbonyl (C=O) groups is 1. The van der Waals surface area contributed by atoms with Crippen LogP contribution in [0.15, 0.2) is 6.58 Å². The summed E-state index contributed by atoms with van der Waals surface area (Å²) >= 11 is 0. The Morgan fingerprint density at radius 1 is 1.39 bits per heavy atom. The number of rotatable bonds is 3. The average Bonchev–Trinajstić information content (AvgIpc) is 2.98. The zero-order valence-corrected chi connectivity index (χ0v) is 11.8. The molecule has 0 radical (unpaired) electrons. The molecule has 1 atom stereocenters. The van der Waals surface area contributed by atoms with E-state index in [1.807, 2.05) is 37.5 Å². The lowest BCUT2D eigenvalue weighted by atomic mass is 10.2. The van der Waals surface area contributed by atoms with E-state index in [0.29, 0.717) is 0 Å². The fraction of sp³-hybridized carbons (Fsp3) is 0.571. The Balaban J connectivity index is 0.000000771. The molecule has 18 heavy (non-hydrogen) atoms. The Hall–Kier alpha value is -1.58. The van der Waals surface area contributed by atoms with Crippen LogP contribution in [0.25, 0.3) is 6.08 Å². The van der Waals surface area contributed by atoms with Crippen molar-refractivity contribution in [3.05, 3.63) is 23.5 Å². The maximum Gasteiger partial charge on any atom is 0.144 e. The molecule has 0 aliphatic carbocycles. The van der Waals surface area contributed by atoms with Gasteiger partial charge in [-0.05, 0) is 38.3 Å². The van der Waals surface area contributed by atoms with Crippen molar-refractivity contribution in [2.75, 3.05) is 11.6 Å². The van der Waals surface area contributed by atoms with Gasteiger partial charge in [-0.15, -0.1) is 0 Å². The zero-order valence-electron chi connectivity index (χ0n) is 11.8. The van der Waals surface area contributed by atoms with E-state index < -0.39 is 0 Å². The summed E-state index contributed by atoms with van der Waals surface area (Å²) in [5.41, 5.74) is 3.12. The fourth-order valence-corrected chi connectivity index (χ4v) is 2.18. The lowest BCUT2D eigenvalue weighted by Gasteiger charge is -2.23. The van der Waals surface area contributed by atoms with Gasteiger partial charge in [-0.25, -0.2) is 0 Å². The molecular weight excluding hydrogens is 226 g/mol. The minimum atomic E-state index is -0.0318. The monoisotopic (exact) mass is 249 g/mol. The molecule has 0 aromatic carbocycles. The van der Waals surface area contributed by atoms with Crippen LogP contribution in [0, 0.1) is 13.8 Å². The number of hydrogen-bond acceptors (Lipinski definition) is 3. The quantitative estimate of drug-likeness (QED) is 0.772. The maximum absolute atomic E-state index is 11.0. The highest BCUT2D eigenvalue weighted by molar-refractivity contribution is 5.61. The van der Waals surface area contributed by atoms with Gasteiger partial charge in [0.25, 0.3) is 0 Å². The van der Waals surface area contributed by atoms with Crippen LogP contribution in [0.5, 0.6) is 0 Å². The van der Waals surface area contributed by atoms with E-state index in [1.54, 1.807) is 6.08 Å². The Morgan fingerprint density at radius 3 is 2.56 bits per heavy atom. The van der Waals surface area contributed by atoms with Gasteiger partial charge in [-0.1, -0.05) is 20.4 Å². The summed E-state index contributed by atoms with van der Waals surface area (Å²) in [5, 5.41) is 6.50. The summed E-state index contributed by atoms with van der Waals surface area (Å²) < 4.78 is 0. The predicted octanol–water partition coefficient (Wildman–Crippen LogP) is 2.47. The van der Waals surface area contributed by atoms with Crippen molar-refractivity contribution in [3.8, 4) is 0 Å². The molecule has 1 aliphatic rings. The summed E-state index contributed by atoms with van der Waals surface area (Å²) in [6.45, 7) is 12.7. The average molecular weight is 249 g/mol. The van der Waals surface area contributed by atoms with Crippen molar-refractivity contribution in [1.82, 2.24) is 9.89 Å². The molecule has 4 heteroatoms. The number of carbonyl (C=O) groups excluding carboxylic acids is 1. The number of aldehydes is 1. The standard InChI is InChI=1S/C12H17N3O.C2H6/c1-4-12-9(2)10(3)15(13-12)14-7-5-6-11(14)8-16;1-2/h4,8,11H,1,5-7H2,2-3H3;1-2H3/t11-;/m0./s1. The highest BCUT2D eigenvalue weighted by Gasteiger charge is 2.26. The Morgan fingerprint density at radius 2 is 2.06 bits per heavy atom. The van der Waals surface area contributed by atoms with Crippen LogP contribution < -0.4 is 5.01 Å². The largest absolute Gasteiger partial charge is 0.301 e. The molecule has 2 heterocycles. The van der Waals surface area contributed by atoms with Crippen LogP contribution in [-0.4, -0.2) is 28.8 Å². The molecule has 2 rings (SSSR count). The van der Waals surface area contributed by atoms with Crippen LogP contribution in [-0.2, 0) is 4.79 Å². The minimum absolute atomic E-state index is 0.0318. The molecule has 0 amide bonds. The lowest BCUT2D eigenvalue weighted by molar-refractivity contribution is -0.109. The third kappa shape index (κ3) is 2.47. The summed E-state index contributed by atoms with van der Waals surface area (Å²) in [6.07, 6.45) is 4.73. The van der Waals surface area contributed by atoms with Crippen molar-refractivity contribution in [3.63, 3.8) is 0 Å². The van der Waals surface area contributed by atoms with Crippen LogP contribution in [0.3, 0.4) is 0 Å². The van der Waals surface area contributed by atoms with Gasteiger partial charge in [0.15, 0.2) is 0 Å². The van der Waals surface area contributed by atoms with Crippen LogP contribution in [0.1, 0.15) is 43.6 Å². The first-order valence-electron chi connectivity index (χ1n) is 6.60. The van der Waals surface area contributed by atoms with E-state index in [-0.39, 0.29) is 6.04 Å². The van der Waals surface area contributed by atoms with Gasteiger partial charge in [0.1, 0.15) is 12.3 Å². The molecule has 1 aliphatic heterocycles. The van der Waals surface area contributed by atoms with E-state index in [4.69, 9.17) is 0 Å². The molecule has 0 bridgehead atoms. The van der Waals surface area contributed by atoms with E-state index in [1.165, 1.54) is 0 Å². The molecule has 1 saturated heterocycles. The molecule has 0 saturated carbocycles. The molecule has 1 fully saturated rings. The van der Waals surface area contributed by atoms with Gasteiger partial charge < -0.3 is 4.79 Å². The van der Waals surface area contributed by atoms with E-state index >= 15 is 0 Å². The van der Waals surface area contributed by atoms with Gasteiger partial charge >= 0.3 is 0 Å². The minimum Gasteiger partial charge on any atom is -0.301 e. The van der Waals surface area contributed by atoms with Crippen LogP contribution in [0.2, 0.25) is 0 Å². The third-order valence-corrected chi connectivity index (χ3v) is 3.29. The normalized spacial score (nSPS) is 18.2. The summed E-state index contributed by atoms with van der Waals surface area (Å²) in [6, 6.07) is -0.0318. The summed E-state index contributed by atoms with van der Waals surface area (Å²) in [4.78, 5) is 12.8. The first kappa shape index (κ1) is 14.5. The molecule has 1 aromatic heterocycles. The SMILES string of the molecule is C=Cc1nn(N2CCC[C@H]2C=O)c(C)c1C.CC.